The molecule has 2 N–H and O–H groups in total. The third-order valence-corrected chi connectivity index (χ3v) is 7.29. The first kappa shape index (κ1) is 32.2. The van der Waals surface area contributed by atoms with Crippen LogP contribution in [0.4, 0.5) is 9.59 Å². The van der Waals surface area contributed by atoms with Crippen LogP contribution >= 0.6 is 0 Å². The largest absolute Gasteiger partial charge is 0.511 e. The second kappa shape index (κ2) is 16.2. The highest BCUT2D eigenvalue weighted by molar-refractivity contribution is 6.04. The molecule has 0 spiro atoms. The number of ether oxygens (including phenoxy) is 4. The van der Waals surface area contributed by atoms with Crippen LogP contribution < -0.4 is 5.32 Å². The molecule has 10 heteroatoms. The standard InChI is InChI=1S/C34H39N3O7/c1-3-41-34(40)44-24(2)43-31(38)21-25-17-19-37(20-18-25)22-26-9-11-28(12-10-26)29-13-15-30(16-14-29)32(35)36-33(39)42-23-27-7-5-4-6-8-27/h4-16,24-25H,3,17-23H2,1-2H3,(H2,35,36,39). The predicted molar refractivity (Wildman–Crippen MR) is 165 cm³/mol. The summed E-state index contributed by atoms with van der Waals surface area (Å²) in [6.07, 6.45) is -0.419. The zero-order valence-corrected chi connectivity index (χ0v) is 25.1. The fourth-order valence-corrected chi connectivity index (χ4v) is 4.95. The zero-order valence-electron chi connectivity index (χ0n) is 25.1. The lowest BCUT2D eigenvalue weighted by Gasteiger charge is -2.31. The quantitative estimate of drug-likeness (QED) is 0.0866. The van der Waals surface area contributed by atoms with Gasteiger partial charge < -0.3 is 18.9 Å². The van der Waals surface area contributed by atoms with Gasteiger partial charge in [0.15, 0.2) is 0 Å². The van der Waals surface area contributed by atoms with Crippen molar-refractivity contribution in [2.75, 3.05) is 19.7 Å². The van der Waals surface area contributed by atoms with Crippen molar-refractivity contribution in [1.29, 1.82) is 5.41 Å². The van der Waals surface area contributed by atoms with Crippen LogP contribution in [0.3, 0.4) is 0 Å². The van der Waals surface area contributed by atoms with Crippen molar-refractivity contribution in [3.63, 3.8) is 0 Å². The maximum Gasteiger partial charge on any atom is 0.511 e. The SMILES string of the molecule is CCOC(=O)OC(C)OC(=O)CC1CCN(Cc2ccc(-c3ccc(C(=N)NC(=O)OCc4ccccc4)cc3)cc2)CC1. The first-order valence-corrected chi connectivity index (χ1v) is 14.8. The minimum absolute atomic E-state index is 0.0248. The van der Waals surface area contributed by atoms with Gasteiger partial charge in [0.2, 0.25) is 6.29 Å². The second-order valence-electron chi connectivity index (χ2n) is 10.6. The topological polar surface area (TPSA) is 127 Å². The predicted octanol–water partition coefficient (Wildman–Crippen LogP) is 6.27. The normalized spacial score (nSPS) is 14.2. The van der Waals surface area contributed by atoms with Gasteiger partial charge in [0.25, 0.3) is 0 Å². The van der Waals surface area contributed by atoms with Gasteiger partial charge in [-0.2, -0.15) is 0 Å². The van der Waals surface area contributed by atoms with Crippen LogP contribution in [0.2, 0.25) is 0 Å². The number of hydrogen-bond donors (Lipinski definition) is 2. The van der Waals surface area contributed by atoms with Gasteiger partial charge in [-0.1, -0.05) is 78.9 Å². The average molecular weight is 602 g/mol. The number of piperidine rings is 1. The molecular formula is C34H39N3O7. The van der Waals surface area contributed by atoms with Crippen molar-refractivity contribution in [3.05, 3.63) is 95.6 Å². The third-order valence-electron chi connectivity index (χ3n) is 7.29. The molecule has 1 amide bonds. The van der Waals surface area contributed by atoms with Gasteiger partial charge in [-0.15, -0.1) is 0 Å². The summed E-state index contributed by atoms with van der Waals surface area (Å²) in [4.78, 5) is 38.1. The van der Waals surface area contributed by atoms with Gasteiger partial charge in [-0.3, -0.25) is 20.4 Å². The monoisotopic (exact) mass is 601 g/mol. The molecule has 0 saturated carbocycles. The Morgan fingerprint density at radius 1 is 0.864 bits per heavy atom. The van der Waals surface area contributed by atoms with Crippen LogP contribution in [0.25, 0.3) is 11.1 Å². The molecule has 1 atom stereocenters. The van der Waals surface area contributed by atoms with E-state index < -0.39 is 18.5 Å². The minimum Gasteiger partial charge on any atom is -0.444 e. The molecule has 44 heavy (non-hydrogen) atoms. The number of benzene rings is 3. The van der Waals surface area contributed by atoms with Crippen LogP contribution in [0.1, 0.15) is 49.8 Å². The molecule has 0 aliphatic carbocycles. The summed E-state index contributed by atoms with van der Waals surface area (Å²) in [5, 5.41) is 10.7. The van der Waals surface area contributed by atoms with E-state index in [1.54, 1.807) is 19.1 Å². The highest BCUT2D eigenvalue weighted by Crippen LogP contribution is 2.24. The van der Waals surface area contributed by atoms with Gasteiger partial charge in [0.05, 0.1) is 6.61 Å². The maximum atomic E-state index is 12.2. The van der Waals surface area contributed by atoms with E-state index >= 15 is 0 Å². The van der Waals surface area contributed by atoms with Crippen LogP contribution in [0.5, 0.6) is 0 Å². The molecular weight excluding hydrogens is 562 g/mol. The summed E-state index contributed by atoms with van der Waals surface area (Å²) in [5.41, 5.74) is 4.72. The molecule has 0 radical (unpaired) electrons. The van der Waals surface area contributed by atoms with Crippen LogP contribution in [-0.4, -0.2) is 54.9 Å². The number of esters is 1. The van der Waals surface area contributed by atoms with Crippen molar-refractivity contribution in [1.82, 2.24) is 10.2 Å². The molecule has 4 rings (SSSR count). The van der Waals surface area contributed by atoms with E-state index in [0.29, 0.717) is 12.0 Å². The molecule has 1 aliphatic rings. The number of hydrogen-bond acceptors (Lipinski definition) is 9. The van der Waals surface area contributed by atoms with E-state index in [-0.39, 0.29) is 30.9 Å². The zero-order chi connectivity index (χ0) is 31.3. The van der Waals surface area contributed by atoms with Crippen molar-refractivity contribution < 1.29 is 33.3 Å². The first-order chi connectivity index (χ1) is 21.3. The fourth-order valence-electron chi connectivity index (χ4n) is 4.95. The van der Waals surface area contributed by atoms with E-state index in [1.807, 2.05) is 42.5 Å². The van der Waals surface area contributed by atoms with E-state index in [0.717, 1.165) is 49.2 Å². The Hall–Kier alpha value is -4.70. The summed E-state index contributed by atoms with van der Waals surface area (Å²) in [5.74, 6) is -0.169. The van der Waals surface area contributed by atoms with Gasteiger partial charge in [0, 0.05) is 25.5 Å². The molecule has 1 heterocycles. The van der Waals surface area contributed by atoms with Crippen molar-refractivity contribution >= 4 is 24.1 Å². The molecule has 3 aromatic carbocycles. The number of carbonyl (C=O) groups is 3. The van der Waals surface area contributed by atoms with Gasteiger partial charge >= 0.3 is 18.2 Å². The van der Waals surface area contributed by atoms with E-state index in [1.165, 1.54) is 12.5 Å². The van der Waals surface area contributed by atoms with Crippen molar-refractivity contribution in [3.8, 4) is 11.1 Å². The Balaban J connectivity index is 1.18. The lowest BCUT2D eigenvalue weighted by Crippen LogP contribution is -2.34. The van der Waals surface area contributed by atoms with E-state index in [9.17, 15) is 14.4 Å². The minimum atomic E-state index is -0.978. The van der Waals surface area contributed by atoms with Crippen molar-refractivity contribution in [2.45, 2.75) is 52.6 Å². The molecule has 0 aromatic heterocycles. The number of amides is 1. The Labute approximate surface area is 257 Å². The molecule has 10 nitrogen and oxygen atoms in total. The summed E-state index contributed by atoms with van der Waals surface area (Å²) in [6.45, 7) is 6.09. The Bertz CT molecular complexity index is 1390. The van der Waals surface area contributed by atoms with E-state index in [4.69, 9.17) is 24.4 Å². The van der Waals surface area contributed by atoms with Crippen LogP contribution in [-0.2, 0) is 36.9 Å². The Kier molecular flexibility index (Phi) is 11.9. The number of nitrogens with zero attached hydrogens (tertiary/aromatic N) is 1. The van der Waals surface area contributed by atoms with Crippen molar-refractivity contribution in [2.24, 2.45) is 5.92 Å². The summed E-state index contributed by atoms with van der Waals surface area (Å²) >= 11 is 0. The molecule has 1 fully saturated rings. The molecule has 1 aliphatic heterocycles. The highest BCUT2D eigenvalue weighted by Gasteiger charge is 2.24. The molecule has 1 saturated heterocycles. The van der Waals surface area contributed by atoms with Gasteiger partial charge in [0.1, 0.15) is 12.4 Å². The molecule has 232 valence electrons. The van der Waals surface area contributed by atoms with Crippen LogP contribution in [0, 0.1) is 11.3 Å². The number of alkyl carbamates (subject to hydrolysis) is 1. The van der Waals surface area contributed by atoms with Crippen LogP contribution in [0.15, 0.2) is 78.9 Å². The van der Waals surface area contributed by atoms with E-state index in [2.05, 4.69) is 34.5 Å². The first-order valence-electron chi connectivity index (χ1n) is 14.8. The Morgan fingerprint density at radius 2 is 1.50 bits per heavy atom. The maximum absolute atomic E-state index is 12.2. The van der Waals surface area contributed by atoms with Gasteiger partial charge in [-0.25, -0.2) is 9.59 Å². The molecule has 1 unspecified atom stereocenters. The third kappa shape index (κ3) is 10.2. The summed E-state index contributed by atoms with van der Waals surface area (Å²) in [7, 11) is 0. The number of rotatable bonds is 11. The molecule has 3 aromatic rings. The highest BCUT2D eigenvalue weighted by atomic mass is 16.8. The number of amidine groups is 1. The average Bonchev–Trinajstić information content (AvgIpc) is 3.02. The number of nitrogens with one attached hydrogen (secondary N) is 2. The van der Waals surface area contributed by atoms with Gasteiger partial charge in [-0.05, 0) is 61.0 Å². The summed E-state index contributed by atoms with van der Waals surface area (Å²) < 4.78 is 20.0. The Morgan fingerprint density at radius 3 is 2.14 bits per heavy atom. The number of likely N-dealkylation sites (tertiary alicyclic amines) is 1. The lowest BCUT2D eigenvalue weighted by atomic mass is 9.93. The number of carbonyl (C=O) groups excluding carboxylic acids is 3. The lowest BCUT2D eigenvalue weighted by molar-refractivity contribution is -0.169. The molecule has 0 bridgehead atoms. The fraction of sp³-hybridized carbons (Fsp3) is 0.353. The summed E-state index contributed by atoms with van der Waals surface area (Å²) in [6, 6.07) is 25.2. The smallest absolute Gasteiger partial charge is 0.444 e. The second-order valence-corrected chi connectivity index (χ2v) is 10.6.